The second kappa shape index (κ2) is 10.2. The zero-order valence-corrected chi connectivity index (χ0v) is 16.6. The van der Waals surface area contributed by atoms with E-state index in [-0.39, 0.29) is 19.1 Å². The van der Waals surface area contributed by atoms with Crippen molar-refractivity contribution in [3.8, 4) is 5.75 Å². The smallest absolute Gasteiger partial charge is 0.306 e. The maximum absolute atomic E-state index is 12.0. The molecule has 0 aromatic heterocycles. The Morgan fingerprint density at radius 1 is 1.15 bits per heavy atom. The molecule has 0 aliphatic heterocycles. The fourth-order valence-electron chi connectivity index (χ4n) is 2.58. The van der Waals surface area contributed by atoms with Gasteiger partial charge in [0.05, 0.1) is 13.2 Å². The lowest BCUT2D eigenvalue weighted by atomic mass is 10.1. The fourth-order valence-corrected chi connectivity index (χ4v) is 3.15. The Morgan fingerprint density at radius 3 is 2.59 bits per heavy atom. The predicted molar refractivity (Wildman–Crippen MR) is 105 cm³/mol. The molecule has 0 saturated heterocycles. The van der Waals surface area contributed by atoms with Crippen LogP contribution in [-0.2, 0) is 20.7 Å². The van der Waals surface area contributed by atoms with Crippen molar-refractivity contribution in [2.24, 2.45) is 0 Å². The van der Waals surface area contributed by atoms with Gasteiger partial charge in [-0.1, -0.05) is 47.5 Å². The summed E-state index contributed by atoms with van der Waals surface area (Å²) < 4.78 is 10.3. The highest BCUT2D eigenvalue weighted by atomic mass is 35.5. The molecule has 0 radical (unpaired) electrons. The molecule has 27 heavy (non-hydrogen) atoms. The van der Waals surface area contributed by atoms with Gasteiger partial charge in [-0.05, 0) is 42.7 Å². The Hall–Kier alpha value is -2.24. The van der Waals surface area contributed by atoms with Crippen molar-refractivity contribution in [2.75, 3.05) is 13.7 Å². The maximum Gasteiger partial charge on any atom is 0.306 e. The van der Waals surface area contributed by atoms with E-state index in [1.807, 2.05) is 24.3 Å². The Labute approximate surface area is 168 Å². The zero-order valence-electron chi connectivity index (χ0n) is 15.1. The molecular formula is C20H21Cl2NO4. The van der Waals surface area contributed by atoms with Gasteiger partial charge in [-0.3, -0.25) is 9.59 Å². The van der Waals surface area contributed by atoms with E-state index in [1.54, 1.807) is 32.2 Å². The van der Waals surface area contributed by atoms with Gasteiger partial charge in [-0.2, -0.15) is 0 Å². The van der Waals surface area contributed by atoms with Gasteiger partial charge in [0.1, 0.15) is 5.75 Å². The second-order valence-electron chi connectivity index (χ2n) is 5.93. The summed E-state index contributed by atoms with van der Waals surface area (Å²) in [5.74, 6) is -0.135. The van der Waals surface area contributed by atoms with Crippen LogP contribution in [0.15, 0.2) is 42.5 Å². The van der Waals surface area contributed by atoms with Crippen LogP contribution >= 0.6 is 23.2 Å². The number of hydrogen-bond acceptors (Lipinski definition) is 4. The first-order chi connectivity index (χ1) is 12.9. The molecule has 0 aliphatic carbocycles. The number of methoxy groups -OCH3 is 1. The Kier molecular flexibility index (Phi) is 7.95. The number of rotatable bonds is 8. The van der Waals surface area contributed by atoms with Crippen LogP contribution in [-0.4, -0.2) is 25.6 Å². The quantitative estimate of drug-likeness (QED) is 0.657. The monoisotopic (exact) mass is 409 g/mol. The average molecular weight is 410 g/mol. The standard InChI is InChI=1S/C20H21Cl2NO4/c1-13(16-9-8-15(21)11-17(16)22)23-19(24)12-27-20(25)10-7-14-5-3-4-6-18(14)26-2/h3-6,8-9,11,13H,7,10,12H2,1-2H3,(H,23,24). The van der Waals surface area contributed by atoms with Gasteiger partial charge in [-0.25, -0.2) is 0 Å². The third kappa shape index (κ3) is 6.45. The third-order valence-corrected chi connectivity index (χ3v) is 4.52. The van der Waals surface area contributed by atoms with E-state index in [1.165, 1.54) is 0 Å². The van der Waals surface area contributed by atoms with Crippen molar-refractivity contribution in [1.29, 1.82) is 0 Å². The van der Waals surface area contributed by atoms with Gasteiger partial charge in [0.15, 0.2) is 6.61 Å². The number of carbonyl (C=O) groups excluding carboxylic acids is 2. The SMILES string of the molecule is COc1ccccc1CCC(=O)OCC(=O)NC(C)c1ccc(Cl)cc1Cl. The van der Waals surface area contributed by atoms with E-state index in [2.05, 4.69) is 5.32 Å². The molecule has 0 spiro atoms. The first kappa shape index (κ1) is 21.1. The summed E-state index contributed by atoms with van der Waals surface area (Å²) in [4.78, 5) is 23.9. The molecule has 0 heterocycles. The fraction of sp³-hybridized carbons (Fsp3) is 0.300. The van der Waals surface area contributed by atoms with E-state index in [9.17, 15) is 9.59 Å². The van der Waals surface area contributed by atoms with Crippen molar-refractivity contribution in [1.82, 2.24) is 5.32 Å². The van der Waals surface area contributed by atoms with Crippen LogP contribution in [0.3, 0.4) is 0 Å². The first-order valence-corrected chi connectivity index (χ1v) is 9.18. The van der Waals surface area contributed by atoms with Crippen LogP contribution in [0.1, 0.15) is 30.5 Å². The predicted octanol–water partition coefficient (Wildman–Crippen LogP) is 4.36. The summed E-state index contributed by atoms with van der Waals surface area (Å²) in [5.41, 5.74) is 1.64. The number of amides is 1. The van der Waals surface area contributed by atoms with Gasteiger partial charge in [-0.15, -0.1) is 0 Å². The number of ether oxygens (including phenoxy) is 2. The third-order valence-electron chi connectivity index (χ3n) is 3.96. The van der Waals surface area contributed by atoms with Crippen molar-refractivity contribution in [3.05, 3.63) is 63.6 Å². The van der Waals surface area contributed by atoms with E-state index in [0.29, 0.717) is 16.5 Å². The van der Waals surface area contributed by atoms with Gasteiger partial charge < -0.3 is 14.8 Å². The van der Waals surface area contributed by atoms with Crippen LogP contribution in [0.2, 0.25) is 10.0 Å². The van der Waals surface area contributed by atoms with E-state index in [0.717, 1.165) is 16.9 Å². The molecule has 0 bridgehead atoms. The summed E-state index contributed by atoms with van der Waals surface area (Å²) >= 11 is 12.0. The minimum Gasteiger partial charge on any atom is -0.496 e. The van der Waals surface area contributed by atoms with Crippen molar-refractivity contribution >= 4 is 35.1 Å². The van der Waals surface area contributed by atoms with Gasteiger partial charge in [0.25, 0.3) is 5.91 Å². The molecule has 2 rings (SSSR count). The van der Waals surface area contributed by atoms with Crippen LogP contribution in [0.5, 0.6) is 5.75 Å². The molecule has 144 valence electrons. The van der Waals surface area contributed by atoms with Crippen molar-refractivity contribution < 1.29 is 19.1 Å². The van der Waals surface area contributed by atoms with E-state index in [4.69, 9.17) is 32.7 Å². The van der Waals surface area contributed by atoms with Crippen LogP contribution in [0.4, 0.5) is 0 Å². The lowest BCUT2D eigenvalue weighted by molar-refractivity contribution is -0.148. The van der Waals surface area contributed by atoms with Gasteiger partial charge in [0, 0.05) is 16.5 Å². The number of hydrogen-bond donors (Lipinski definition) is 1. The number of para-hydroxylation sites is 1. The normalized spacial score (nSPS) is 11.6. The Bertz CT molecular complexity index is 810. The van der Waals surface area contributed by atoms with Gasteiger partial charge in [0.2, 0.25) is 0 Å². The molecule has 0 fully saturated rings. The zero-order chi connectivity index (χ0) is 19.8. The molecule has 1 atom stereocenters. The topological polar surface area (TPSA) is 64.6 Å². The number of nitrogens with one attached hydrogen (secondary N) is 1. The number of benzene rings is 2. The van der Waals surface area contributed by atoms with Crippen LogP contribution in [0, 0.1) is 0 Å². The number of halogens is 2. The average Bonchev–Trinajstić information content (AvgIpc) is 2.64. The summed E-state index contributed by atoms with van der Waals surface area (Å²) in [6.45, 7) is 1.44. The highest BCUT2D eigenvalue weighted by Crippen LogP contribution is 2.26. The minimum atomic E-state index is -0.451. The highest BCUT2D eigenvalue weighted by molar-refractivity contribution is 6.35. The highest BCUT2D eigenvalue weighted by Gasteiger charge is 2.15. The summed E-state index contributed by atoms with van der Waals surface area (Å²) in [6, 6.07) is 12.2. The molecule has 2 aromatic carbocycles. The summed E-state index contributed by atoms with van der Waals surface area (Å²) in [7, 11) is 1.58. The first-order valence-electron chi connectivity index (χ1n) is 8.42. The Balaban J connectivity index is 1.78. The lowest BCUT2D eigenvalue weighted by Gasteiger charge is -2.16. The molecule has 0 aliphatic rings. The lowest BCUT2D eigenvalue weighted by Crippen LogP contribution is -2.31. The van der Waals surface area contributed by atoms with E-state index < -0.39 is 11.9 Å². The number of carbonyl (C=O) groups is 2. The summed E-state index contributed by atoms with van der Waals surface area (Å²) in [5, 5.41) is 3.72. The number of esters is 1. The molecule has 1 unspecified atom stereocenters. The number of aryl methyl sites for hydroxylation is 1. The second-order valence-corrected chi connectivity index (χ2v) is 6.77. The molecular weight excluding hydrogens is 389 g/mol. The molecule has 0 saturated carbocycles. The Morgan fingerprint density at radius 2 is 1.89 bits per heavy atom. The molecule has 2 aromatic rings. The largest absolute Gasteiger partial charge is 0.496 e. The molecule has 1 N–H and O–H groups in total. The molecule has 5 nitrogen and oxygen atoms in total. The molecule has 7 heteroatoms. The minimum absolute atomic E-state index is 0.159. The maximum atomic E-state index is 12.0. The van der Waals surface area contributed by atoms with E-state index >= 15 is 0 Å². The van der Waals surface area contributed by atoms with Crippen molar-refractivity contribution in [3.63, 3.8) is 0 Å². The van der Waals surface area contributed by atoms with Crippen molar-refractivity contribution in [2.45, 2.75) is 25.8 Å². The van der Waals surface area contributed by atoms with Gasteiger partial charge >= 0.3 is 5.97 Å². The summed E-state index contributed by atoms with van der Waals surface area (Å²) in [6.07, 6.45) is 0.632. The van der Waals surface area contributed by atoms with Crippen LogP contribution in [0.25, 0.3) is 0 Å². The molecule has 1 amide bonds. The van der Waals surface area contributed by atoms with Crippen LogP contribution < -0.4 is 10.1 Å².